The average molecular weight is 527 g/mol. The number of carboxylic acids is 3. The van der Waals surface area contributed by atoms with Crippen LogP contribution in [0.5, 0.6) is 0 Å². The third kappa shape index (κ3) is 18.1. The van der Waals surface area contributed by atoms with E-state index in [0.29, 0.717) is 43.4 Å². The number of aliphatic carboxylic acids is 3. The largest absolute Gasteiger partial charge is 0.481 e. The Morgan fingerprint density at radius 3 is 1.30 bits per heavy atom. The first kappa shape index (κ1) is 35.1. The fourth-order valence-corrected chi connectivity index (χ4v) is 4.60. The summed E-state index contributed by atoms with van der Waals surface area (Å²) < 4.78 is 0.565. The smallest absolute Gasteiger partial charge is 0.306 e. The van der Waals surface area contributed by atoms with Crippen molar-refractivity contribution in [1.29, 1.82) is 0 Å². The van der Waals surface area contributed by atoms with E-state index in [2.05, 4.69) is 19.1 Å². The molecule has 0 saturated heterocycles. The van der Waals surface area contributed by atoms with E-state index in [1.165, 1.54) is 57.8 Å². The van der Waals surface area contributed by atoms with Crippen LogP contribution >= 0.6 is 0 Å². The van der Waals surface area contributed by atoms with Crippen molar-refractivity contribution in [3.8, 4) is 0 Å². The molecule has 0 fully saturated rings. The number of carboxylic acid groups (broad SMARTS) is 3. The van der Waals surface area contributed by atoms with E-state index in [1.807, 2.05) is 0 Å². The van der Waals surface area contributed by atoms with Gasteiger partial charge in [0, 0.05) is 25.7 Å². The Bertz CT molecular complexity index is 603. The highest BCUT2D eigenvalue weighted by molar-refractivity contribution is 5.70. The summed E-state index contributed by atoms with van der Waals surface area (Å²) in [5.41, 5.74) is 0. The molecule has 0 aromatic heterocycles. The number of unbranched alkanes of at least 4 members (excludes halogenated alkanes) is 9. The van der Waals surface area contributed by atoms with Crippen LogP contribution in [0.2, 0.25) is 0 Å². The van der Waals surface area contributed by atoms with Crippen LogP contribution in [-0.4, -0.2) is 63.9 Å². The number of quaternary nitrogens is 1. The van der Waals surface area contributed by atoms with Crippen LogP contribution in [-0.2, 0) is 14.4 Å². The maximum Gasteiger partial charge on any atom is 0.306 e. The molecule has 0 aliphatic carbocycles. The summed E-state index contributed by atoms with van der Waals surface area (Å²) >= 11 is 0. The van der Waals surface area contributed by atoms with E-state index in [-0.39, 0.29) is 0 Å². The fourth-order valence-electron chi connectivity index (χ4n) is 4.60. The van der Waals surface area contributed by atoms with Crippen LogP contribution in [0.4, 0.5) is 0 Å². The van der Waals surface area contributed by atoms with Crippen LogP contribution in [0.25, 0.3) is 0 Å². The fraction of sp³-hybridized carbons (Fsp3) is 0.833. The number of hydrogen-bond donors (Lipinski definition) is 3. The van der Waals surface area contributed by atoms with Gasteiger partial charge >= 0.3 is 17.9 Å². The van der Waals surface area contributed by atoms with Crippen molar-refractivity contribution in [2.75, 3.05) is 26.2 Å². The van der Waals surface area contributed by atoms with E-state index < -0.39 is 35.7 Å². The number of rotatable bonds is 25. The number of hydrogen-bond acceptors (Lipinski definition) is 3. The molecule has 0 aliphatic heterocycles. The van der Waals surface area contributed by atoms with E-state index in [0.717, 1.165) is 19.4 Å². The molecule has 0 bridgehead atoms. The van der Waals surface area contributed by atoms with Gasteiger partial charge < -0.3 is 19.8 Å². The zero-order chi connectivity index (χ0) is 28.1. The van der Waals surface area contributed by atoms with Crippen molar-refractivity contribution < 1.29 is 34.2 Å². The lowest BCUT2D eigenvalue weighted by atomic mass is 10.0. The number of allylic oxidation sites excluding steroid dienone is 1. The van der Waals surface area contributed by atoms with Crippen molar-refractivity contribution in [3.05, 3.63) is 12.2 Å². The maximum absolute atomic E-state index is 11.4. The molecule has 216 valence electrons. The molecule has 0 aromatic rings. The molecule has 0 aliphatic rings. The second kappa shape index (κ2) is 21.1. The summed E-state index contributed by atoms with van der Waals surface area (Å²) in [6.07, 6.45) is 19.5. The second-order valence-corrected chi connectivity index (χ2v) is 11.2. The Labute approximate surface area is 225 Å². The van der Waals surface area contributed by atoms with Crippen LogP contribution in [0.15, 0.2) is 12.2 Å². The number of carbonyl (C=O) groups is 3. The molecule has 0 radical (unpaired) electrons. The van der Waals surface area contributed by atoms with Crippen LogP contribution < -0.4 is 0 Å². The second-order valence-electron chi connectivity index (χ2n) is 11.2. The predicted octanol–water partition coefficient (Wildman–Crippen LogP) is 7.00. The summed E-state index contributed by atoms with van der Waals surface area (Å²) in [6.45, 7) is 9.92. The standard InChI is InChI=1S/C30H55NO6/c1-5-6-7-8-9-10-11-12-13-14-15-16-17-21-31(22-18-25(2)28(32)33,23-19-26(3)29(34)35)24-20-27(4)30(36)37/h15-16,25-27H,5-14,17-24H2,1-4H3,(H2-,32,33,34,35,36,37)/p+1/b16-15+. The van der Waals surface area contributed by atoms with Gasteiger partial charge in [-0.15, -0.1) is 0 Å². The van der Waals surface area contributed by atoms with Gasteiger partial charge in [-0.2, -0.15) is 0 Å². The molecule has 0 saturated carbocycles. The molecule has 0 rings (SSSR count). The number of nitrogens with zero attached hydrogens (tertiary/aromatic N) is 1. The Balaban J connectivity index is 4.95. The Hall–Kier alpha value is -1.89. The average Bonchev–Trinajstić information content (AvgIpc) is 2.86. The molecular formula is C30H56NO6+. The summed E-state index contributed by atoms with van der Waals surface area (Å²) in [7, 11) is 0. The van der Waals surface area contributed by atoms with E-state index in [1.54, 1.807) is 20.8 Å². The van der Waals surface area contributed by atoms with Crippen molar-refractivity contribution in [1.82, 2.24) is 0 Å². The van der Waals surface area contributed by atoms with E-state index in [4.69, 9.17) is 0 Å². The Kier molecular flexibility index (Phi) is 20.0. The third-order valence-corrected chi connectivity index (χ3v) is 7.79. The van der Waals surface area contributed by atoms with Crippen molar-refractivity contribution >= 4 is 17.9 Å². The lowest BCUT2D eigenvalue weighted by Crippen LogP contribution is -2.52. The molecule has 7 heteroatoms. The normalized spacial score (nSPS) is 15.8. The molecule has 7 nitrogen and oxygen atoms in total. The molecule has 37 heavy (non-hydrogen) atoms. The van der Waals surface area contributed by atoms with Gasteiger partial charge in [0.1, 0.15) is 0 Å². The van der Waals surface area contributed by atoms with Gasteiger partial charge in [-0.25, -0.2) is 0 Å². The first-order valence-corrected chi connectivity index (χ1v) is 14.7. The minimum atomic E-state index is -0.836. The zero-order valence-electron chi connectivity index (χ0n) is 24.1. The topological polar surface area (TPSA) is 112 Å². The highest BCUT2D eigenvalue weighted by Gasteiger charge is 2.31. The monoisotopic (exact) mass is 526 g/mol. The minimum absolute atomic E-state index is 0.487. The molecular weight excluding hydrogens is 470 g/mol. The van der Waals surface area contributed by atoms with Gasteiger partial charge in [-0.05, 0) is 12.8 Å². The summed E-state index contributed by atoms with van der Waals surface area (Å²) in [6, 6.07) is 0. The molecule has 3 unspecified atom stereocenters. The van der Waals surface area contributed by atoms with Crippen LogP contribution in [0.3, 0.4) is 0 Å². The van der Waals surface area contributed by atoms with Crippen molar-refractivity contribution in [3.63, 3.8) is 0 Å². The highest BCUT2D eigenvalue weighted by atomic mass is 16.4. The van der Waals surface area contributed by atoms with Crippen LogP contribution in [0.1, 0.15) is 118 Å². The lowest BCUT2D eigenvalue weighted by Gasteiger charge is -2.40. The Morgan fingerprint density at radius 2 is 0.919 bits per heavy atom. The Morgan fingerprint density at radius 1 is 0.568 bits per heavy atom. The van der Waals surface area contributed by atoms with Crippen LogP contribution in [0, 0.1) is 17.8 Å². The molecule has 0 aromatic carbocycles. The lowest BCUT2D eigenvalue weighted by molar-refractivity contribution is -0.929. The van der Waals surface area contributed by atoms with Gasteiger partial charge in [0.2, 0.25) is 0 Å². The SMILES string of the molecule is CCCCCCCCCCC/C=C/CC[N+](CCC(C)C(=O)O)(CCC(C)C(=O)O)CCC(C)C(=O)O. The van der Waals surface area contributed by atoms with Gasteiger partial charge in [0.25, 0.3) is 0 Å². The van der Waals surface area contributed by atoms with E-state index in [9.17, 15) is 29.7 Å². The summed E-state index contributed by atoms with van der Waals surface area (Å²) in [5, 5.41) is 28.2. The van der Waals surface area contributed by atoms with Gasteiger partial charge in [-0.1, -0.05) is 91.2 Å². The summed E-state index contributed by atoms with van der Waals surface area (Å²) in [5.74, 6) is -3.99. The van der Waals surface area contributed by atoms with Gasteiger partial charge in [-0.3, -0.25) is 14.4 Å². The van der Waals surface area contributed by atoms with Gasteiger partial charge in [0.05, 0.1) is 43.9 Å². The maximum atomic E-state index is 11.4. The van der Waals surface area contributed by atoms with Gasteiger partial charge in [0.15, 0.2) is 0 Å². The minimum Gasteiger partial charge on any atom is -0.481 e. The summed E-state index contributed by atoms with van der Waals surface area (Å²) in [4.78, 5) is 34.3. The molecule has 3 atom stereocenters. The molecule has 0 spiro atoms. The molecule has 0 heterocycles. The third-order valence-electron chi connectivity index (χ3n) is 7.79. The first-order valence-electron chi connectivity index (χ1n) is 14.7. The predicted molar refractivity (Wildman–Crippen MR) is 150 cm³/mol. The van der Waals surface area contributed by atoms with Crippen molar-refractivity contribution in [2.24, 2.45) is 17.8 Å². The van der Waals surface area contributed by atoms with Crippen molar-refractivity contribution in [2.45, 2.75) is 118 Å². The zero-order valence-corrected chi connectivity index (χ0v) is 24.1. The highest BCUT2D eigenvalue weighted by Crippen LogP contribution is 2.21. The molecule has 3 N–H and O–H groups in total. The van der Waals surface area contributed by atoms with E-state index >= 15 is 0 Å². The quantitative estimate of drug-likeness (QED) is 0.0670. The molecule has 0 amide bonds. The first-order chi connectivity index (χ1) is 17.5.